The highest BCUT2D eigenvalue weighted by Gasteiger charge is 2.29. The van der Waals surface area contributed by atoms with Crippen molar-refractivity contribution in [1.29, 1.82) is 0 Å². The van der Waals surface area contributed by atoms with Crippen molar-refractivity contribution in [2.45, 2.75) is 46.4 Å². The minimum absolute atomic E-state index is 0.340. The molecule has 1 saturated heterocycles. The minimum Gasteiger partial charge on any atom is -0.470 e. The molecule has 0 radical (unpaired) electrons. The topological polar surface area (TPSA) is 104 Å². The average Bonchev–Trinajstić information content (AvgIpc) is 3.40. The van der Waals surface area contributed by atoms with Gasteiger partial charge < -0.3 is 14.0 Å². The molecule has 0 aliphatic carbocycles. The molecule has 0 amide bonds. The molecule has 0 spiro atoms. The number of pyridine rings is 1. The Morgan fingerprint density at radius 1 is 1.12 bits per heavy atom. The van der Waals surface area contributed by atoms with E-state index in [0.29, 0.717) is 41.5 Å². The predicted molar refractivity (Wildman–Crippen MR) is 118 cm³/mol. The lowest BCUT2D eigenvalue weighted by Gasteiger charge is -2.39. The molecule has 10 heteroatoms. The van der Waals surface area contributed by atoms with Crippen LogP contribution in [0.4, 0.5) is 0 Å². The molecule has 6 heterocycles. The summed E-state index contributed by atoms with van der Waals surface area (Å²) in [5.41, 5.74) is 6.48. The lowest BCUT2D eigenvalue weighted by molar-refractivity contribution is -0.0696. The normalized spacial score (nSPS) is 16.7. The number of hydrogen-bond donors (Lipinski definition) is 0. The zero-order chi connectivity index (χ0) is 22.5. The van der Waals surface area contributed by atoms with E-state index in [-0.39, 0.29) is 0 Å². The Hall–Kier alpha value is -3.37. The summed E-state index contributed by atoms with van der Waals surface area (Å²) >= 11 is 0. The van der Waals surface area contributed by atoms with Crippen LogP contribution in [0.3, 0.4) is 0 Å². The summed E-state index contributed by atoms with van der Waals surface area (Å²) in [6, 6.07) is 6.58. The molecule has 0 N–H and O–H groups in total. The van der Waals surface area contributed by atoms with Gasteiger partial charge >= 0.3 is 0 Å². The van der Waals surface area contributed by atoms with Gasteiger partial charge in [-0.05, 0) is 32.4 Å². The summed E-state index contributed by atoms with van der Waals surface area (Å²) in [4.78, 5) is 7.36. The summed E-state index contributed by atoms with van der Waals surface area (Å²) in [5, 5.41) is 17.3. The largest absolute Gasteiger partial charge is 0.470 e. The van der Waals surface area contributed by atoms with Gasteiger partial charge in [-0.3, -0.25) is 9.88 Å². The van der Waals surface area contributed by atoms with Gasteiger partial charge in [-0.1, -0.05) is 11.2 Å². The molecule has 2 aliphatic rings. The van der Waals surface area contributed by atoms with Crippen LogP contribution in [-0.4, -0.2) is 60.7 Å². The number of hydrogen-bond acceptors (Lipinski definition) is 9. The fourth-order valence-corrected chi connectivity index (χ4v) is 4.32. The highest BCUT2D eigenvalue weighted by molar-refractivity contribution is 5.59. The van der Waals surface area contributed by atoms with E-state index in [1.807, 2.05) is 32.9 Å². The van der Waals surface area contributed by atoms with Crippen molar-refractivity contribution < 1.29 is 14.0 Å². The molecule has 2 aliphatic heterocycles. The Morgan fingerprint density at radius 2 is 2.00 bits per heavy atom. The van der Waals surface area contributed by atoms with Crippen LogP contribution in [-0.2, 0) is 24.3 Å². The molecule has 4 aromatic heterocycles. The summed E-state index contributed by atoms with van der Waals surface area (Å²) in [6.07, 6.45) is 0.948. The van der Waals surface area contributed by atoms with Gasteiger partial charge in [-0.15, -0.1) is 15.3 Å². The van der Waals surface area contributed by atoms with Crippen LogP contribution in [0.15, 0.2) is 22.7 Å². The summed E-state index contributed by atoms with van der Waals surface area (Å²) in [7, 11) is 0. The van der Waals surface area contributed by atoms with Crippen molar-refractivity contribution >= 4 is 5.65 Å². The van der Waals surface area contributed by atoms with E-state index in [1.54, 1.807) is 4.52 Å². The van der Waals surface area contributed by atoms with Crippen LogP contribution >= 0.6 is 0 Å². The number of rotatable bonds is 5. The van der Waals surface area contributed by atoms with Crippen molar-refractivity contribution in [1.82, 2.24) is 34.9 Å². The molecule has 4 aromatic rings. The van der Waals surface area contributed by atoms with E-state index in [2.05, 4.69) is 31.4 Å². The average molecular weight is 447 g/mol. The molecule has 0 saturated carbocycles. The Bertz CT molecular complexity index is 1340. The number of aryl methyl sites for hydroxylation is 2. The third-order valence-corrected chi connectivity index (χ3v) is 6.54. The minimum atomic E-state index is 0.340. The molecule has 0 aromatic carbocycles. The van der Waals surface area contributed by atoms with Crippen molar-refractivity contribution in [2.75, 3.05) is 19.8 Å². The van der Waals surface area contributed by atoms with Crippen molar-refractivity contribution in [3.8, 4) is 17.4 Å². The zero-order valence-corrected chi connectivity index (χ0v) is 18.9. The first kappa shape index (κ1) is 20.3. The van der Waals surface area contributed by atoms with Crippen LogP contribution < -0.4 is 4.74 Å². The van der Waals surface area contributed by atoms with E-state index in [4.69, 9.17) is 19.0 Å². The maximum Gasteiger partial charge on any atom is 0.235 e. The van der Waals surface area contributed by atoms with Crippen LogP contribution in [0.25, 0.3) is 17.2 Å². The standard InChI is InChI=1S/C23H25N7O3/c1-13-8-20(28-33-13)22-26-25-21-14(2)15(3)23(27-30(21)22)32-10-17-5-4-16-9-29(18-11-31-12-18)7-6-19(16)24-17/h4-5,8,18H,6-7,9-12H2,1-3H3. The lowest BCUT2D eigenvalue weighted by atomic mass is 10.0. The van der Waals surface area contributed by atoms with Crippen LogP contribution in [0, 0.1) is 20.8 Å². The van der Waals surface area contributed by atoms with Crippen LogP contribution in [0.1, 0.15) is 33.8 Å². The molecule has 33 heavy (non-hydrogen) atoms. The highest BCUT2D eigenvalue weighted by atomic mass is 16.5. The Balaban J connectivity index is 1.24. The number of aromatic nitrogens is 6. The van der Waals surface area contributed by atoms with E-state index in [9.17, 15) is 0 Å². The van der Waals surface area contributed by atoms with Crippen molar-refractivity contribution in [2.24, 2.45) is 0 Å². The number of nitrogens with zero attached hydrogens (tertiary/aromatic N) is 7. The van der Waals surface area contributed by atoms with Crippen molar-refractivity contribution in [3.05, 3.63) is 52.0 Å². The van der Waals surface area contributed by atoms with Gasteiger partial charge in [0.15, 0.2) is 11.3 Å². The zero-order valence-electron chi connectivity index (χ0n) is 18.9. The van der Waals surface area contributed by atoms with Gasteiger partial charge in [0.2, 0.25) is 11.7 Å². The molecule has 6 rings (SSSR count). The summed E-state index contributed by atoms with van der Waals surface area (Å²) in [5.74, 6) is 1.74. The predicted octanol–water partition coefficient (Wildman–Crippen LogP) is 2.44. The van der Waals surface area contributed by atoms with Crippen LogP contribution in [0.2, 0.25) is 0 Å². The maximum absolute atomic E-state index is 6.13. The number of fused-ring (bicyclic) bond motifs is 2. The lowest BCUT2D eigenvalue weighted by Crippen LogP contribution is -2.50. The Morgan fingerprint density at radius 3 is 2.76 bits per heavy atom. The van der Waals surface area contributed by atoms with E-state index >= 15 is 0 Å². The maximum atomic E-state index is 6.13. The SMILES string of the molecule is Cc1cc(-c2nnc3c(C)c(C)c(OCc4ccc5c(n4)CCN(C4COC4)C5)nn23)no1. The van der Waals surface area contributed by atoms with Gasteiger partial charge in [0.05, 0.1) is 24.9 Å². The van der Waals surface area contributed by atoms with Gasteiger partial charge in [0.1, 0.15) is 12.4 Å². The second kappa shape index (κ2) is 7.89. The summed E-state index contributed by atoms with van der Waals surface area (Å²) < 4.78 is 18.3. The first-order chi connectivity index (χ1) is 16.1. The molecule has 0 unspecified atom stereocenters. The molecular formula is C23H25N7O3. The monoisotopic (exact) mass is 447 g/mol. The second-order valence-corrected chi connectivity index (χ2v) is 8.75. The smallest absolute Gasteiger partial charge is 0.235 e. The van der Waals surface area contributed by atoms with Crippen molar-refractivity contribution in [3.63, 3.8) is 0 Å². The third-order valence-electron chi connectivity index (χ3n) is 6.54. The van der Waals surface area contributed by atoms with E-state index < -0.39 is 0 Å². The molecule has 170 valence electrons. The Kier molecular flexibility index (Phi) is 4.84. The van der Waals surface area contributed by atoms with Gasteiger partial charge in [0, 0.05) is 42.4 Å². The van der Waals surface area contributed by atoms with Gasteiger partial charge in [-0.2, -0.15) is 4.52 Å². The molecular weight excluding hydrogens is 422 g/mol. The quantitative estimate of drug-likeness (QED) is 0.456. The van der Waals surface area contributed by atoms with E-state index in [0.717, 1.165) is 55.2 Å². The van der Waals surface area contributed by atoms with Gasteiger partial charge in [0.25, 0.3) is 0 Å². The molecule has 10 nitrogen and oxygen atoms in total. The fourth-order valence-electron chi connectivity index (χ4n) is 4.32. The first-order valence-electron chi connectivity index (χ1n) is 11.2. The van der Waals surface area contributed by atoms with E-state index in [1.165, 1.54) is 5.56 Å². The number of ether oxygens (including phenoxy) is 2. The molecule has 0 bridgehead atoms. The highest BCUT2D eigenvalue weighted by Crippen LogP contribution is 2.26. The molecule has 0 atom stereocenters. The Labute approximate surface area is 190 Å². The fraction of sp³-hybridized carbons (Fsp3) is 0.435. The second-order valence-electron chi connectivity index (χ2n) is 8.75. The third kappa shape index (κ3) is 3.55. The summed E-state index contributed by atoms with van der Waals surface area (Å²) in [6.45, 7) is 9.78. The molecule has 1 fully saturated rings. The van der Waals surface area contributed by atoms with Gasteiger partial charge in [-0.25, -0.2) is 0 Å². The first-order valence-corrected chi connectivity index (χ1v) is 11.2. The van der Waals surface area contributed by atoms with Crippen LogP contribution in [0.5, 0.6) is 5.88 Å².